The number of likely N-dealkylation sites (tertiary alicyclic amines) is 1. The van der Waals surface area contributed by atoms with Gasteiger partial charge in [-0.25, -0.2) is 9.97 Å². The molecule has 0 radical (unpaired) electrons. The molecule has 134 valence electrons. The number of thiophene rings is 1. The number of hydrogen-bond donors (Lipinski definition) is 0. The van der Waals surface area contributed by atoms with Crippen molar-refractivity contribution in [3.05, 3.63) is 52.9 Å². The van der Waals surface area contributed by atoms with Crippen LogP contribution in [0.25, 0.3) is 11.5 Å². The van der Waals surface area contributed by atoms with Crippen LogP contribution in [0.4, 0.5) is 0 Å². The number of imidazole rings is 1. The van der Waals surface area contributed by atoms with E-state index in [0.717, 1.165) is 54.4 Å². The van der Waals surface area contributed by atoms with Gasteiger partial charge < -0.3 is 9.47 Å². The average Bonchev–Trinajstić information content (AvgIpc) is 3.34. The number of aromatic nitrogens is 4. The van der Waals surface area contributed by atoms with Gasteiger partial charge in [0.1, 0.15) is 5.69 Å². The second-order valence-electron chi connectivity index (χ2n) is 6.67. The Labute approximate surface area is 156 Å². The summed E-state index contributed by atoms with van der Waals surface area (Å²) in [5.74, 6) is 1.54. The quantitative estimate of drug-likeness (QED) is 0.711. The van der Waals surface area contributed by atoms with E-state index in [2.05, 4.69) is 15.0 Å². The van der Waals surface area contributed by atoms with Gasteiger partial charge in [0.25, 0.3) is 5.91 Å². The highest BCUT2D eigenvalue weighted by Crippen LogP contribution is 2.23. The second-order valence-corrected chi connectivity index (χ2v) is 7.62. The second kappa shape index (κ2) is 7.37. The van der Waals surface area contributed by atoms with Crippen molar-refractivity contribution in [2.75, 3.05) is 13.1 Å². The van der Waals surface area contributed by atoms with Gasteiger partial charge in [-0.2, -0.15) is 0 Å². The van der Waals surface area contributed by atoms with Gasteiger partial charge in [-0.3, -0.25) is 9.78 Å². The summed E-state index contributed by atoms with van der Waals surface area (Å²) in [6, 6.07) is 3.83. The first-order valence-electron chi connectivity index (χ1n) is 8.82. The molecule has 4 rings (SSSR count). The Morgan fingerprint density at radius 2 is 2.08 bits per heavy atom. The highest BCUT2D eigenvalue weighted by Gasteiger charge is 2.24. The first-order chi connectivity index (χ1) is 12.7. The Bertz CT molecular complexity index is 864. The zero-order valence-electron chi connectivity index (χ0n) is 14.7. The molecule has 1 saturated heterocycles. The summed E-state index contributed by atoms with van der Waals surface area (Å²) in [5, 5.41) is 1.95. The third kappa shape index (κ3) is 3.53. The lowest BCUT2D eigenvalue weighted by atomic mass is 9.92. The zero-order valence-corrected chi connectivity index (χ0v) is 15.5. The summed E-state index contributed by atoms with van der Waals surface area (Å²) in [4.78, 5) is 28.6. The van der Waals surface area contributed by atoms with E-state index in [1.807, 2.05) is 46.4 Å². The van der Waals surface area contributed by atoms with Crippen molar-refractivity contribution in [3.8, 4) is 11.5 Å². The first kappa shape index (κ1) is 16.9. The molecular formula is C19H21N5OS. The maximum Gasteiger partial charge on any atom is 0.263 e. The fraction of sp³-hybridized carbons (Fsp3) is 0.368. The minimum Gasteiger partial charge on any atom is -0.338 e. The monoisotopic (exact) mass is 367 g/mol. The Balaban J connectivity index is 1.33. The van der Waals surface area contributed by atoms with E-state index in [0.29, 0.717) is 5.92 Å². The first-order valence-corrected chi connectivity index (χ1v) is 9.70. The van der Waals surface area contributed by atoms with Gasteiger partial charge in [0.05, 0.1) is 16.8 Å². The van der Waals surface area contributed by atoms with Crippen LogP contribution in [0.3, 0.4) is 0 Å². The standard InChI is InChI=1S/C19H21N5OS/c1-23-9-6-20-18(23)16-13-21-15(12-22-16)11-14-4-7-24(8-5-14)19(25)17-3-2-10-26-17/h2-3,6,9-10,12-14H,4-5,7-8,11H2,1H3. The number of hydrogen-bond acceptors (Lipinski definition) is 5. The Kier molecular flexibility index (Phi) is 4.79. The minimum atomic E-state index is 0.165. The van der Waals surface area contributed by atoms with Gasteiger partial charge in [0.15, 0.2) is 5.82 Å². The predicted molar refractivity (Wildman–Crippen MR) is 101 cm³/mol. The summed E-state index contributed by atoms with van der Waals surface area (Å²) in [6.07, 6.45) is 10.3. The Hall–Kier alpha value is -2.54. The summed E-state index contributed by atoms with van der Waals surface area (Å²) in [6.45, 7) is 1.64. The molecule has 1 aliphatic heterocycles. The average molecular weight is 367 g/mol. The van der Waals surface area contributed by atoms with Crippen molar-refractivity contribution in [2.45, 2.75) is 19.3 Å². The van der Waals surface area contributed by atoms with Crippen LogP contribution >= 0.6 is 11.3 Å². The molecule has 0 atom stereocenters. The highest BCUT2D eigenvalue weighted by molar-refractivity contribution is 7.12. The molecule has 26 heavy (non-hydrogen) atoms. The summed E-state index contributed by atoms with van der Waals surface area (Å²) in [5.41, 5.74) is 1.80. The summed E-state index contributed by atoms with van der Waals surface area (Å²) < 4.78 is 1.93. The Morgan fingerprint density at radius 1 is 1.23 bits per heavy atom. The van der Waals surface area contributed by atoms with E-state index in [-0.39, 0.29) is 5.91 Å². The fourth-order valence-corrected chi connectivity index (χ4v) is 4.07. The number of carbonyl (C=O) groups is 1. The molecule has 4 heterocycles. The maximum absolute atomic E-state index is 12.4. The number of piperidine rings is 1. The van der Waals surface area contributed by atoms with E-state index in [1.165, 1.54) is 11.3 Å². The smallest absolute Gasteiger partial charge is 0.263 e. The van der Waals surface area contributed by atoms with Crippen LogP contribution in [0, 0.1) is 5.92 Å². The molecule has 0 bridgehead atoms. The van der Waals surface area contributed by atoms with Crippen LogP contribution < -0.4 is 0 Å². The van der Waals surface area contributed by atoms with Gasteiger partial charge >= 0.3 is 0 Å². The lowest BCUT2D eigenvalue weighted by Crippen LogP contribution is -2.38. The molecule has 3 aromatic rings. The number of nitrogens with zero attached hydrogens (tertiary/aromatic N) is 5. The predicted octanol–water partition coefficient (Wildman–Crippen LogP) is 3.03. The van der Waals surface area contributed by atoms with Gasteiger partial charge in [-0.05, 0) is 36.6 Å². The summed E-state index contributed by atoms with van der Waals surface area (Å²) in [7, 11) is 1.95. The normalized spacial score (nSPS) is 15.3. The molecule has 0 saturated carbocycles. The third-order valence-corrected chi connectivity index (χ3v) is 5.74. The van der Waals surface area contributed by atoms with Gasteiger partial charge in [-0.1, -0.05) is 6.07 Å². The largest absolute Gasteiger partial charge is 0.338 e. The lowest BCUT2D eigenvalue weighted by Gasteiger charge is -2.31. The zero-order chi connectivity index (χ0) is 17.9. The number of rotatable bonds is 4. The van der Waals surface area contributed by atoms with Crippen LogP contribution in [0.5, 0.6) is 0 Å². The van der Waals surface area contributed by atoms with Crippen molar-refractivity contribution >= 4 is 17.2 Å². The van der Waals surface area contributed by atoms with Crippen LogP contribution in [0.15, 0.2) is 42.3 Å². The number of carbonyl (C=O) groups excluding carboxylic acids is 1. The van der Waals surface area contributed by atoms with Gasteiger partial charge in [0.2, 0.25) is 0 Å². The van der Waals surface area contributed by atoms with Crippen LogP contribution in [-0.4, -0.2) is 43.4 Å². The number of aryl methyl sites for hydroxylation is 1. The molecule has 0 aromatic carbocycles. The highest BCUT2D eigenvalue weighted by atomic mass is 32.1. The van der Waals surface area contributed by atoms with Crippen LogP contribution in [0.1, 0.15) is 28.2 Å². The fourth-order valence-electron chi connectivity index (χ4n) is 3.38. The Morgan fingerprint density at radius 3 is 2.69 bits per heavy atom. The molecule has 1 amide bonds. The van der Waals surface area contributed by atoms with Gasteiger partial charge in [-0.15, -0.1) is 11.3 Å². The minimum absolute atomic E-state index is 0.165. The third-order valence-electron chi connectivity index (χ3n) is 4.89. The van der Waals surface area contributed by atoms with Crippen molar-refractivity contribution in [1.29, 1.82) is 0 Å². The van der Waals surface area contributed by atoms with E-state index >= 15 is 0 Å². The molecule has 0 unspecified atom stereocenters. The molecule has 7 heteroatoms. The van der Waals surface area contributed by atoms with Gasteiger partial charge in [0, 0.05) is 38.7 Å². The SMILES string of the molecule is Cn1ccnc1-c1cnc(CC2CCN(C(=O)c3cccs3)CC2)cn1. The summed E-state index contributed by atoms with van der Waals surface area (Å²) >= 11 is 1.51. The van der Waals surface area contributed by atoms with Crippen molar-refractivity contribution in [1.82, 2.24) is 24.4 Å². The lowest BCUT2D eigenvalue weighted by molar-refractivity contribution is 0.0695. The molecule has 1 fully saturated rings. The van der Waals surface area contributed by atoms with E-state index in [4.69, 9.17) is 0 Å². The van der Waals surface area contributed by atoms with Crippen LogP contribution in [0.2, 0.25) is 0 Å². The molecule has 0 aliphatic carbocycles. The topological polar surface area (TPSA) is 63.9 Å². The van der Waals surface area contributed by atoms with Crippen molar-refractivity contribution < 1.29 is 4.79 Å². The molecule has 0 spiro atoms. The molecular weight excluding hydrogens is 346 g/mol. The maximum atomic E-state index is 12.4. The molecule has 3 aromatic heterocycles. The number of amides is 1. The molecule has 6 nitrogen and oxygen atoms in total. The van der Waals surface area contributed by atoms with Crippen LogP contribution in [-0.2, 0) is 13.5 Å². The van der Waals surface area contributed by atoms with Crippen molar-refractivity contribution in [3.63, 3.8) is 0 Å². The van der Waals surface area contributed by atoms with E-state index < -0.39 is 0 Å². The molecule has 0 N–H and O–H groups in total. The van der Waals surface area contributed by atoms with E-state index in [9.17, 15) is 4.79 Å². The van der Waals surface area contributed by atoms with Crippen molar-refractivity contribution in [2.24, 2.45) is 13.0 Å². The van der Waals surface area contributed by atoms with E-state index in [1.54, 1.807) is 12.4 Å². The molecule has 1 aliphatic rings.